The van der Waals surface area contributed by atoms with Gasteiger partial charge in [0.15, 0.2) is 0 Å². The summed E-state index contributed by atoms with van der Waals surface area (Å²) in [6.45, 7) is 0. The molecule has 0 saturated carbocycles. The van der Waals surface area contributed by atoms with Crippen LogP contribution < -0.4 is 11.3 Å². The molecule has 0 aliphatic heterocycles. The van der Waals surface area contributed by atoms with Crippen molar-refractivity contribution in [1.29, 1.82) is 0 Å². The van der Waals surface area contributed by atoms with Crippen molar-refractivity contribution in [3.63, 3.8) is 0 Å². The van der Waals surface area contributed by atoms with Gasteiger partial charge in [0, 0.05) is 8.95 Å². The van der Waals surface area contributed by atoms with Gasteiger partial charge in [-0.3, -0.25) is 11.3 Å². The summed E-state index contributed by atoms with van der Waals surface area (Å²) < 4.78 is 2.01. The largest absolute Gasteiger partial charge is 0.271 e. The maximum atomic E-state index is 6.04. The first-order valence-corrected chi connectivity index (χ1v) is 8.20. The third kappa shape index (κ3) is 3.97. The van der Waals surface area contributed by atoms with Crippen LogP contribution >= 0.6 is 55.1 Å². The highest BCUT2D eigenvalue weighted by molar-refractivity contribution is 9.11. The van der Waals surface area contributed by atoms with Gasteiger partial charge in [0.1, 0.15) is 0 Å². The predicted octanol–water partition coefficient (Wildman–Crippen LogP) is 5.27. The van der Waals surface area contributed by atoms with Crippen LogP contribution in [0.15, 0.2) is 45.3 Å². The van der Waals surface area contributed by atoms with Gasteiger partial charge in [0.2, 0.25) is 0 Å². The summed E-state index contributed by atoms with van der Waals surface area (Å²) in [4.78, 5) is 0. The summed E-state index contributed by atoms with van der Waals surface area (Å²) in [5, 5.41) is 1.10. The van der Waals surface area contributed by atoms with Crippen molar-refractivity contribution in [2.75, 3.05) is 0 Å². The lowest BCUT2D eigenvalue weighted by Gasteiger charge is -2.18. The second-order valence-corrected chi connectivity index (χ2v) is 6.92. The maximum absolute atomic E-state index is 6.04. The molecule has 0 bridgehead atoms. The van der Waals surface area contributed by atoms with Gasteiger partial charge in [-0.05, 0) is 47.9 Å². The van der Waals surface area contributed by atoms with Crippen molar-refractivity contribution in [1.82, 2.24) is 5.43 Å². The fourth-order valence-corrected chi connectivity index (χ4v) is 3.17. The van der Waals surface area contributed by atoms with E-state index in [2.05, 4.69) is 37.3 Å². The SMILES string of the molecule is NNC(Cc1ccc(Cl)c(Cl)c1)c1cc(Br)ccc1Br. The summed E-state index contributed by atoms with van der Waals surface area (Å²) in [5.74, 6) is 5.69. The van der Waals surface area contributed by atoms with Crippen LogP contribution in [0.25, 0.3) is 0 Å². The Bertz CT molecular complexity index is 620. The molecular formula is C14H12Br2Cl2N2. The van der Waals surface area contributed by atoms with Gasteiger partial charge < -0.3 is 0 Å². The molecule has 2 aromatic rings. The first-order chi connectivity index (χ1) is 9.51. The summed E-state index contributed by atoms with van der Waals surface area (Å²) in [6, 6.07) is 11.6. The van der Waals surface area contributed by atoms with E-state index in [-0.39, 0.29) is 6.04 Å². The number of hydrogen-bond donors (Lipinski definition) is 2. The Hall–Kier alpha value is -0.100. The highest BCUT2D eigenvalue weighted by Gasteiger charge is 2.15. The number of halogens is 4. The van der Waals surface area contributed by atoms with Gasteiger partial charge in [-0.1, -0.05) is 61.1 Å². The van der Waals surface area contributed by atoms with Gasteiger partial charge in [0.05, 0.1) is 16.1 Å². The van der Waals surface area contributed by atoms with Gasteiger partial charge >= 0.3 is 0 Å². The molecule has 3 N–H and O–H groups in total. The Kier molecular flexibility index (Phi) is 5.90. The van der Waals surface area contributed by atoms with Gasteiger partial charge in [0.25, 0.3) is 0 Å². The van der Waals surface area contributed by atoms with Crippen LogP contribution in [0.3, 0.4) is 0 Å². The lowest BCUT2D eigenvalue weighted by atomic mass is 9.99. The summed E-state index contributed by atoms with van der Waals surface area (Å²) in [5.41, 5.74) is 4.98. The topological polar surface area (TPSA) is 38.0 Å². The van der Waals surface area contributed by atoms with Crippen molar-refractivity contribution in [3.8, 4) is 0 Å². The molecule has 0 radical (unpaired) electrons. The molecule has 0 heterocycles. The van der Waals surface area contributed by atoms with Crippen molar-refractivity contribution >= 4 is 55.1 Å². The quantitative estimate of drug-likeness (QED) is 0.504. The van der Waals surface area contributed by atoms with Crippen LogP contribution in [0.1, 0.15) is 17.2 Å². The highest BCUT2D eigenvalue weighted by atomic mass is 79.9. The van der Waals surface area contributed by atoms with Crippen LogP contribution in [-0.4, -0.2) is 0 Å². The fourth-order valence-electron chi connectivity index (χ4n) is 1.94. The van der Waals surface area contributed by atoms with E-state index < -0.39 is 0 Å². The number of benzene rings is 2. The highest BCUT2D eigenvalue weighted by Crippen LogP contribution is 2.30. The average Bonchev–Trinajstić information content (AvgIpc) is 2.43. The van der Waals surface area contributed by atoms with Gasteiger partial charge in [-0.2, -0.15) is 0 Å². The zero-order valence-electron chi connectivity index (χ0n) is 10.3. The van der Waals surface area contributed by atoms with Crippen LogP contribution in [0, 0.1) is 0 Å². The molecule has 2 rings (SSSR count). The van der Waals surface area contributed by atoms with E-state index in [1.54, 1.807) is 6.07 Å². The van der Waals surface area contributed by atoms with E-state index >= 15 is 0 Å². The molecule has 1 unspecified atom stereocenters. The summed E-state index contributed by atoms with van der Waals surface area (Å²) in [7, 11) is 0. The molecule has 0 saturated heterocycles. The van der Waals surface area contributed by atoms with E-state index in [0.717, 1.165) is 20.1 Å². The van der Waals surface area contributed by atoms with Crippen molar-refractivity contribution < 1.29 is 0 Å². The number of hydrazine groups is 1. The van der Waals surface area contributed by atoms with Crippen LogP contribution in [0.5, 0.6) is 0 Å². The fraction of sp³-hybridized carbons (Fsp3) is 0.143. The Morgan fingerprint density at radius 2 is 1.80 bits per heavy atom. The molecule has 0 amide bonds. The minimum Gasteiger partial charge on any atom is -0.271 e. The van der Waals surface area contributed by atoms with Crippen LogP contribution in [0.2, 0.25) is 10.0 Å². The predicted molar refractivity (Wildman–Crippen MR) is 92.1 cm³/mol. The third-order valence-corrected chi connectivity index (χ3v) is 4.91. The Labute approximate surface area is 144 Å². The summed E-state index contributed by atoms with van der Waals surface area (Å²) >= 11 is 19.0. The zero-order chi connectivity index (χ0) is 14.7. The Morgan fingerprint density at radius 1 is 1.05 bits per heavy atom. The molecule has 2 nitrogen and oxygen atoms in total. The number of nitrogens with one attached hydrogen (secondary N) is 1. The van der Waals surface area contributed by atoms with Crippen LogP contribution in [0.4, 0.5) is 0 Å². The molecule has 1 atom stereocenters. The van der Waals surface area contributed by atoms with E-state index in [4.69, 9.17) is 29.0 Å². The molecule has 106 valence electrons. The number of nitrogens with two attached hydrogens (primary N) is 1. The molecule has 0 aromatic heterocycles. The maximum Gasteiger partial charge on any atom is 0.0595 e. The van der Waals surface area contributed by atoms with E-state index in [1.807, 2.05) is 30.3 Å². The molecule has 0 aliphatic carbocycles. The first kappa shape index (κ1) is 16.3. The second-order valence-electron chi connectivity index (χ2n) is 4.34. The molecule has 6 heteroatoms. The van der Waals surface area contributed by atoms with E-state index in [1.165, 1.54) is 0 Å². The smallest absolute Gasteiger partial charge is 0.0595 e. The lowest BCUT2D eigenvalue weighted by Crippen LogP contribution is -2.29. The molecule has 0 spiro atoms. The van der Waals surface area contributed by atoms with Gasteiger partial charge in [-0.25, -0.2) is 0 Å². The number of hydrogen-bond acceptors (Lipinski definition) is 2. The molecule has 20 heavy (non-hydrogen) atoms. The summed E-state index contributed by atoms with van der Waals surface area (Å²) in [6.07, 6.45) is 0.711. The Morgan fingerprint density at radius 3 is 2.45 bits per heavy atom. The monoisotopic (exact) mass is 436 g/mol. The van der Waals surface area contributed by atoms with Crippen molar-refractivity contribution in [2.24, 2.45) is 5.84 Å². The second kappa shape index (κ2) is 7.25. The average molecular weight is 439 g/mol. The lowest BCUT2D eigenvalue weighted by molar-refractivity contribution is 0.550. The van der Waals surface area contributed by atoms with E-state index in [9.17, 15) is 0 Å². The number of rotatable bonds is 4. The van der Waals surface area contributed by atoms with Gasteiger partial charge in [-0.15, -0.1) is 0 Å². The first-order valence-electron chi connectivity index (χ1n) is 5.86. The minimum atomic E-state index is -0.0286. The molecule has 0 aliphatic rings. The van der Waals surface area contributed by atoms with Crippen molar-refractivity contribution in [3.05, 3.63) is 66.5 Å². The van der Waals surface area contributed by atoms with Crippen LogP contribution in [-0.2, 0) is 6.42 Å². The zero-order valence-corrected chi connectivity index (χ0v) is 15.0. The van der Waals surface area contributed by atoms with Crippen molar-refractivity contribution in [2.45, 2.75) is 12.5 Å². The molecular weight excluding hydrogens is 427 g/mol. The molecule has 0 fully saturated rings. The standard InChI is InChI=1S/C14H12Br2Cl2N2/c15-9-2-3-11(16)10(7-9)14(20-19)6-8-1-4-12(17)13(18)5-8/h1-5,7,14,20H,6,19H2. The third-order valence-electron chi connectivity index (χ3n) is 2.96. The minimum absolute atomic E-state index is 0.0286. The van der Waals surface area contributed by atoms with E-state index in [0.29, 0.717) is 16.5 Å². The Balaban J connectivity index is 2.28. The molecule has 2 aromatic carbocycles. The normalized spacial score (nSPS) is 12.4.